The largest absolute Gasteiger partial charge is 0.342 e. The number of hydrogen-bond acceptors (Lipinski definition) is 5. The minimum absolute atomic E-state index is 0.0592. The molecule has 0 unspecified atom stereocenters. The van der Waals surface area contributed by atoms with Crippen molar-refractivity contribution >= 4 is 11.8 Å². The van der Waals surface area contributed by atoms with E-state index in [1.54, 1.807) is 0 Å². The number of rotatable bonds is 7. The molecule has 1 aliphatic heterocycles. The fraction of sp³-hybridized carbons (Fsp3) is 0.833. The zero-order valence-electron chi connectivity index (χ0n) is 15.6. The molecule has 0 atom stereocenters. The normalized spacial score (nSPS) is 20.8. The van der Waals surface area contributed by atoms with Crippen molar-refractivity contribution in [2.75, 3.05) is 52.4 Å². The quantitative estimate of drug-likeness (QED) is 0.721. The molecule has 2 rings (SSSR count). The van der Waals surface area contributed by atoms with Crippen molar-refractivity contribution in [3.8, 4) is 6.07 Å². The molecule has 1 heterocycles. The number of likely N-dealkylation sites (N-methyl/N-ethyl adjacent to an activating group) is 1. The topological polar surface area (TPSA) is 79.7 Å². The molecule has 1 aliphatic carbocycles. The van der Waals surface area contributed by atoms with Crippen molar-refractivity contribution in [1.82, 2.24) is 20.0 Å². The van der Waals surface area contributed by atoms with Gasteiger partial charge in [-0.2, -0.15) is 5.26 Å². The summed E-state index contributed by atoms with van der Waals surface area (Å²) < 4.78 is 0. The van der Waals surface area contributed by atoms with Gasteiger partial charge in [0.25, 0.3) is 0 Å². The standard InChI is InChI=1S/C18H31N5O2/c1-3-23(4-2)17(25)14-22-11-9-21(10-12-22)13-16(24)20-18(15-19)7-5-6-8-18/h3-14H2,1-2H3,(H,20,24). The summed E-state index contributed by atoms with van der Waals surface area (Å²) in [4.78, 5) is 30.6. The minimum Gasteiger partial charge on any atom is -0.342 e. The van der Waals surface area contributed by atoms with E-state index >= 15 is 0 Å². The number of carbonyl (C=O) groups is 2. The van der Waals surface area contributed by atoms with Gasteiger partial charge in [-0.3, -0.25) is 19.4 Å². The third-order valence-electron chi connectivity index (χ3n) is 5.36. The Hall–Kier alpha value is -1.65. The Kier molecular flexibility index (Phi) is 7.21. The molecular weight excluding hydrogens is 318 g/mol. The second-order valence-electron chi connectivity index (χ2n) is 7.07. The summed E-state index contributed by atoms with van der Waals surface area (Å²) in [6.45, 7) is 9.42. The highest BCUT2D eigenvalue weighted by Gasteiger charge is 2.35. The van der Waals surface area contributed by atoms with Crippen molar-refractivity contribution in [3.05, 3.63) is 0 Å². The Bertz CT molecular complexity index is 498. The number of hydrogen-bond donors (Lipinski definition) is 1. The highest BCUT2D eigenvalue weighted by Crippen LogP contribution is 2.28. The SMILES string of the molecule is CCN(CC)C(=O)CN1CCN(CC(=O)NC2(C#N)CCCC2)CC1. The second kappa shape index (κ2) is 9.16. The number of piperazine rings is 1. The second-order valence-corrected chi connectivity index (χ2v) is 7.07. The third kappa shape index (κ3) is 5.41. The van der Waals surface area contributed by atoms with Crippen molar-refractivity contribution in [3.63, 3.8) is 0 Å². The molecular formula is C18H31N5O2. The summed E-state index contributed by atoms with van der Waals surface area (Å²) in [5.41, 5.74) is -0.644. The molecule has 0 aromatic carbocycles. The van der Waals surface area contributed by atoms with E-state index in [-0.39, 0.29) is 11.8 Å². The van der Waals surface area contributed by atoms with Gasteiger partial charge in [0.1, 0.15) is 5.54 Å². The number of nitriles is 1. The maximum atomic E-state index is 12.3. The van der Waals surface area contributed by atoms with Crippen molar-refractivity contribution in [2.45, 2.75) is 45.1 Å². The molecule has 25 heavy (non-hydrogen) atoms. The molecule has 0 spiro atoms. The van der Waals surface area contributed by atoms with E-state index in [4.69, 9.17) is 0 Å². The highest BCUT2D eigenvalue weighted by atomic mass is 16.2. The van der Waals surface area contributed by atoms with Gasteiger partial charge in [0, 0.05) is 39.3 Å². The van der Waals surface area contributed by atoms with E-state index in [0.29, 0.717) is 13.1 Å². The Balaban J connectivity index is 1.72. The summed E-state index contributed by atoms with van der Waals surface area (Å²) in [5.74, 6) is 0.115. The van der Waals surface area contributed by atoms with Crippen LogP contribution in [0.5, 0.6) is 0 Å². The lowest BCUT2D eigenvalue weighted by Crippen LogP contribution is -2.54. The van der Waals surface area contributed by atoms with Gasteiger partial charge in [0.05, 0.1) is 19.2 Å². The average Bonchev–Trinajstić information content (AvgIpc) is 3.06. The number of nitrogens with zero attached hydrogens (tertiary/aromatic N) is 4. The molecule has 2 fully saturated rings. The summed E-state index contributed by atoms with van der Waals surface area (Å²) >= 11 is 0. The number of amides is 2. The predicted octanol–water partition coefficient (Wildman–Crippen LogP) is 0.425. The van der Waals surface area contributed by atoms with Crippen LogP contribution in [0.25, 0.3) is 0 Å². The lowest BCUT2D eigenvalue weighted by atomic mass is 10.00. The summed E-state index contributed by atoms with van der Waals surface area (Å²) in [6.07, 6.45) is 3.53. The Morgan fingerprint density at radius 2 is 1.56 bits per heavy atom. The molecule has 140 valence electrons. The summed E-state index contributed by atoms with van der Waals surface area (Å²) in [7, 11) is 0. The first-order valence-electron chi connectivity index (χ1n) is 9.46. The molecule has 0 aromatic rings. The number of nitrogens with one attached hydrogen (secondary N) is 1. The fourth-order valence-electron chi connectivity index (χ4n) is 3.73. The fourth-order valence-corrected chi connectivity index (χ4v) is 3.73. The van der Waals surface area contributed by atoms with Gasteiger partial charge in [-0.05, 0) is 39.5 Å². The average molecular weight is 349 g/mol. The van der Waals surface area contributed by atoms with Gasteiger partial charge >= 0.3 is 0 Å². The Morgan fingerprint density at radius 1 is 1.04 bits per heavy atom. The smallest absolute Gasteiger partial charge is 0.236 e. The monoisotopic (exact) mass is 349 g/mol. The van der Waals surface area contributed by atoms with Crippen LogP contribution in [-0.2, 0) is 9.59 Å². The van der Waals surface area contributed by atoms with Crippen LogP contribution in [0.1, 0.15) is 39.5 Å². The molecule has 0 aromatic heterocycles. The van der Waals surface area contributed by atoms with Crippen molar-refractivity contribution in [2.24, 2.45) is 0 Å². The first kappa shape index (κ1) is 19.7. The molecule has 1 N–H and O–H groups in total. The van der Waals surface area contributed by atoms with E-state index < -0.39 is 5.54 Å². The van der Waals surface area contributed by atoms with E-state index in [1.807, 2.05) is 18.7 Å². The van der Waals surface area contributed by atoms with E-state index in [2.05, 4.69) is 21.2 Å². The van der Waals surface area contributed by atoms with Crippen LogP contribution in [0.15, 0.2) is 0 Å². The zero-order valence-corrected chi connectivity index (χ0v) is 15.6. The first-order valence-corrected chi connectivity index (χ1v) is 9.46. The third-order valence-corrected chi connectivity index (χ3v) is 5.36. The molecule has 1 saturated carbocycles. The maximum absolute atomic E-state index is 12.3. The van der Waals surface area contributed by atoms with Gasteiger partial charge in [0.2, 0.25) is 11.8 Å². The molecule has 7 heteroatoms. The Morgan fingerprint density at radius 3 is 2.04 bits per heavy atom. The Labute approximate surface area is 150 Å². The van der Waals surface area contributed by atoms with Gasteiger partial charge < -0.3 is 10.2 Å². The number of carbonyl (C=O) groups excluding carboxylic acids is 2. The molecule has 0 bridgehead atoms. The van der Waals surface area contributed by atoms with Crippen molar-refractivity contribution < 1.29 is 9.59 Å². The van der Waals surface area contributed by atoms with Crippen LogP contribution in [0, 0.1) is 11.3 Å². The van der Waals surface area contributed by atoms with Gasteiger partial charge in [0.15, 0.2) is 0 Å². The molecule has 1 saturated heterocycles. The zero-order chi connectivity index (χ0) is 18.3. The summed E-state index contributed by atoms with van der Waals surface area (Å²) in [6, 6.07) is 2.29. The molecule has 0 radical (unpaired) electrons. The molecule has 7 nitrogen and oxygen atoms in total. The van der Waals surface area contributed by atoms with Crippen LogP contribution < -0.4 is 5.32 Å². The van der Waals surface area contributed by atoms with Crippen LogP contribution >= 0.6 is 0 Å². The van der Waals surface area contributed by atoms with Gasteiger partial charge in [-0.25, -0.2) is 0 Å². The highest BCUT2D eigenvalue weighted by molar-refractivity contribution is 5.79. The lowest BCUT2D eigenvalue weighted by Gasteiger charge is -2.35. The minimum atomic E-state index is -0.644. The molecule has 2 amide bonds. The van der Waals surface area contributed by atoms with E-state index in [1.165, 1.54) is 0 Å². The van der Waals surface area contributed by atoms with Gasteiger partial charge in [-0.1, -0.05) is 0 Å². The predicted molar refractivity (Wildman–Crippen MR) is 95.8 cm³/mol. The maximum Gasteiger partial charge on any atom is 0.236 e. The van der Waals surface area contributed by atoms with E-state index in [9.17, 15) is 14.9 Å². The summed E-state index contributed by atoms with van der Waals surface area (Å²) in [5, 5.41) is 12.3. The van der Waals surface area contributed by atoms with Crippen LogP contribution in [0.4, 0.5) is 0 Å². The van der Waals surface area contributed by atoms with E-state index in [0.717, 1.165) is 65.0 Å². The van der Waals surface area contributed by atoms with Crippen LogP contribution in [0.3, 0.4) is 0 Å². The molecule has 2 aliphatic rings. The van der Waals surface area contributed by atoms with Crippen LogP contribution in [-0.4, -0.2) is 84.4 Å². The first-order chi connectivity index (χ1) is 12.0. The van der Waals surface area contributed by atoms with Crippen molar-refractivity contribution in [1.29, 1.82) is 5.26 Å². The van der Waals surface area contributed by atoms with Crippen LogP contribution in [0.2, 0.25) is 0 Å². The lowest BCUT2D eigenvalue weighted by molar-refractivity contribution is -0.133. The van der Waals surface area contributed by atoms with Gasteiger partial charge in [-0.15, -0.1) is 0 Å².